The summed E-state index contributed by atoms with van der Waals surface area (Å²) >= 11 is 0. The fourth-order valence-electron chi connectivity index (χ4n) is 7.08. The number of ether oxygens (including phenoxy) is 3. The van der Waals surface area contributed by atoms with E-state index in [1.54, 1.807) is 0 Å². The van der Waals surface area contributed by atoms with Gasteiger partial charge < -0.3 is 14.2 Å². The molecule has 2 saturated heterocycles. The first-order valence-electron chi connectivity index (χ1n) is 20.5. The lowest BCUT2D eigenvalue weighted by atomic mass is 9.99. The van der Waals surface area contributed by atoms with E-state index in [4.69, 9.17) is 14.2 Å². The second kappa shape index (κ2) is 28.2. The summed E-state index contributed by atoms with van der Waals surface area (Å²) in [5, 5.41) is 0. The van der Waals surface area contributed by atoms with Crippen LogP contribution in [0.1, 0.15) is 220 Å². The number of hydrogen-bond donors (Lipinski definition) is 0. The third-order valence-electron chi connectivity index (χ3n) is 10.1. The Labute approximate surface area is 282 Å². The molecule has 4 unspecified atom stereocenters. The van der Waals surface area contributed by atoms with Gasteiger partial charge in [0.2, 0.25) is 0 Å². The van der Waals surface area contributed by atoms with E-state index in [9.17, 15) is 0 Å². The summed E-state index contributed by atoms with van der Waals surface area (Å²) in [6.07, 6.45) is 46.3. The van der Waals surface area contributed by atoms with Crippen LogP contribution < -0.4 is 0 Å². The van der Waals surface area contributed by atoms with Gasteiger partial charge in [-0.15, -0.1) is 0 Å². The maximum atomic E-state index is 6.80. The van der Waals surface area contributed by atoms with Gasteiger partial charge in [0.1, 0.15) is 0 Å². The topological polar surface area (TPSA) is 27.7 Å². The molecule has 2 aliphatic rings. The van der Waals surface area contributed by atoms with Crippen LogP contribution in [0.2, 0.25) is 0 Å². The van der Waals surface area contributed by atoms with Crippen LogP contribution in [-0.2, 0) is 14.2 Å². The molecule has 2 aliphatic heterocycles. The van der Waals surface area contributed by atoms with Gasteiger partial charge in [-0.1, -0.05) is 129 Å². The number of rotatable bonds is 32. The zero-order valence-electron chi connectivity index (χ0n) is 30.9. The van der Waals surface area contributed by atoms with Gasteiger partial charge in [-0.2, -0.15) is 0 Å². The fraction of sp³-hybridized carbons (Fsp3) is 0.905. The summed E-state index contributed by atoms with van der Waals surface area (Å²) in [5.74, 6) is 2.54. The van der Waals surface area contributed by atoms with Crippen molar-refractivity contribution in [3.63, 3.8) is 0 Å². The molecule has 264 valence electrons. The summed E-state index contributed by atoms with van der Waals surface area (Å²) in [6.45, 7) is 9.00. The highest BCUT2D eigenvalue weighted by Gasteiger charge is 2.25. The molecule has 0 N–H and O–H groups in total. The highest BCUT2D eigenvalue weighted by molar-refractivity contribution is 5.03. The maximum Gasteiger partial charge on any atom is 0.0996 e. The first kappa shape index (κ1) is 40.4. The van der Waals surface area contributed by atoms with E-state index in [1.807, 2.05) is 0 Å². The Morgan fingerprint density at radius 3 is 1.20 bits per heavy atom. The molecular weight excluding hydrogens is 552 g/mol. The van der Waals surface area contributed by atoms with Gasteiger partial charge >= 0.3 is 0 Å². The molecule has 3 nitrogen and oxygen atoms in total. The normalized spacial score (nSPS) is 22.0. The van der Waals surface area contributed by atoms with Crippen molar-refractivity contribution in [2.45, 2.75) is 245 Å². The quantitative estimate of drug-likeness (QED) is 0.0547. The molecule has 0 radical (unpaired) electrons. The molecule has 2 heterocycles. The van der Waals surface area contributed by atoms with Gasteiger partial charge in [-0.3, -0.25) is 0 Å². The molecule has 0 aromatic rings. The molecule has 2 rings (SSSR count). The van der Waals surface area contributed by atoms with Crippen LogP contribution in [0.5, 0.6) is 0 Å². The molecular formula is C42H78O3. The summed E-state index contributed by atoms with van der Waals surface area (Å²) in [5.41, 5.74) is 0. The summed E-state index contributed by atoms with van der Waals surface area (Å²) in [6, 6.07) is 0. The van der Waals surface area contributed by atoms with Crippen molar-refractivity contribution in [3.8, 4) is 0 Å². The monoisotopic (exact) mass is 631 g/mol. The third-order valence-corrected chi connectivity index (χ3v) is 10.1. The van der Waals surface area contributed by atoms with Gasteiger partial charge in [0.15, 0.2) is 0 Å². The molecule has 2 fully saturated rings. The zero-order chi connectivity index (χ0) is 32.2. The zero-order valence-corrected chi connectivity index (χ0v) is 30.9. The minimum Gasteiger partial charge on any atom is -0.467 e. The Bertz CT molecular complexity index is 655. The van der Waals surface area contributed by atoms with E-state index in [2.05, 4.69) is 39.8 Å². The molecule has 3 heteroatoms. The van der Waals surface area contributed by atoms with E-state index in [1.165, 1.54) is 191 Å². The van der Waals surface area contributed by atoms with Gasteiger partial charge in [-0.25, -0.2) is 0 Å². The van der Waals surface area contributed by atoms with Crippen LogP contribution in [0.4, 0.5) is 0 Å². The Balaban J connectivity index is 1.75. The van der Waals surface area contributed by atoms with Crippen LogP contribution in [0.15, 0.2) is 23.7 Å². The molecule has 0 spiro atoms. The second-order valence-corrected chi connectivity index (χ2v) is 14.8. The van der Waals surface area contributed by atoms with Crippen molar-refractivity contribution in [1.29, 1.82) is 0 Å². The van der Waals surface area contributed by atoms with Crippen molar-refractivity contribution >= 4 is 0 Å². The van der Waals surface area contributed by atoms with Crippen molar-refractivity contribution < 1.29 is 14.2 Å². The lowest BCUT2D eigenvalue weighted by Gasteiger charge is -2.33. The Hall–Kier alpha value is -0.800. The van der Waals surface area contributed by atoms with E-state index >= 15 is 0 Å². The average Bonchev–Trinajstić information content (AvgIpc) is 3.00. The van der Waals surface area contributed by atoms with Crippen LogP contribution >= 0.6 is 0 Å². The molecule has 4 atom stereocenters. The first-order valence-corrected chi connectivity index (χ1v) is 20.5. The Morgan fingerprint density at radius 1 is 0.489 bits per heavy atom. The van der Waals surface area contributed by atoms with E-state index in [-0.39, 0.29) is 0 Å². The van der Waals surface area contributed by atoms with E-state index < -0.39 is 0 Å². The van der Waals surface area contributed by atoms with Gasteiger partial charge in [-0.05, 0) is 90.2 Å². The summed E-state index contributed by atoms with van der Waals surface area (Å²) in [7, 11) is 0. The highest BCUT2D eigenvalue weighted by atomic mass is 16.5. The molecule has 45 heavy (non-hydrogen) atoms. The average molecular weight is 631 g/mol. The van der Waals surface area contributed by atoms with Crippen molar-refractivity contribution in [3.05, 3.63) is 23.7 Å². The van der Waals surface area contributed by atoms with Gasteiger partial charge in [0.05, 0.1) is 35.9 Å². The lowest BCUT2D eigenvalue weighted by Crippen LogP contribution is -2.34. The Kier molecular flexibility index (Phi) is 25.3. The third kappa shape index (κ3) is 22.4. The second-order valence-electron chi connectivity index (χ2n) is 14.8. The van der Waals surface area contributed by atoms with Crippen LogP contribution in [0, 0.1) is 0 Å². The van der Waals surface area contributed by atoms with Crippen LogP contribution in [0.3, 0.4) is 0 Å². The van der Waals surface area contributed by atoms with Crippen molar-refractivity contribution in [1.82, 2.24) is 0 Å². The highest BCUT2D eigenvalue weighted by Crippen LogP contribution is 2.27. The predicted octanol–water partition coefficient (Wildman–Crippen LogP) is 14.1. The van der Waals surface area contributed by atoms with Crippen LogP contribution in [-0.4, -0.2) is 24.4 Å². The standard InChI is InChI=1S/C42H78O3/c1-5-7-9-11-17-23-29-39(31-25-19-13-15-21-27-33-41-35-37(3)43-41)45-40(30-24-18-12-10-8-6-2)32-26-20-14-16-22-28-34-42-36-38(4)44-42/h31-32,37-38,41-42H,5-30,33-36H2,1-4H3/b39-31-,40-32-. The molecule has 0 aromatic heterocycles. The summed E-state index contributed by atoms with van der Waals surface area (Å²) < 4.78 is 18.4. The predicted molar refractivity (Wildman–Crippen MR) is 196 cm³/mol. The van der Waals surface area contributed by atoms with Crippen molar-refractivity contribution in [2.75, 3.05) is 0 Å². The summed E-state index contributed by atoms with van der Waals surface area (Å²) in [4.78, 5) is 0. The number of hydrogen-bond acceptors (Lipinski definition) is 3. The number of allylic oxidation sites excluding steroid dienone is 4. The van der Waals surface area contributed by atoms with E-state index in [0.717, 1.165) is 12.8 Å². The minimum absolute atomic E-state index is 0.507. The SMILES string of the molecule is CCCCCCCC/C(=C/CCCCCCCC1CC(C)O1)O/C(=C\CCCCCCCC1CC(C)O1)CCCCCCCC. The van der Waals surface area contributed by atoms with Crippen LogP contribution in [0.25, 0.3) is 0 Å². The van der Waals surface area contributed by atoms with Gasteiger partial charge in [0.25, 0.3) is 0 Å². The largest absolute Gasteiger partial charge is 0.467 e. The molecule has 0 amide bonds. The number of unbranched alkanes of at least 4 members (excludes halogenated alkanes) is 20. The smallest absolute Gasteiger partial charge is 0.0996 e. The van der Waals surface area contributed by atoms with E-state index in [0.29, 0.717) is 24.4 Å². The van der Waals surface area contributed by atoms with Crippen molar-refractivity contribution in [2.24, 2.45) is 0 Å². The first-order chi connectivity index (χ1) is 22.1. The van der Waals surface area contributed by atoms with Gasteiger partial charge in [0, 0.05) is 12.8 Å². The lowest BCUT2D eigenvalue weighted by molar-refractivity contribution is -0.117. The minimum atomic E-state index is 0.507. The molecule has 0 saturated carbocycles. The molecule has 0 aliphatic carbocycles. The molecule has 0 aromatic carbocycles. The Morgan fingerprint density at radius 2 is 0.822 bits per heavy atom. The molecule has 0 bridgehead atoms. The maximum absolute atomic E-state index is 6.80. The fourth-order valence-corrected chi connectivity index (χ4v) is 7.08.